The number of urea groups is 1. The molecule has 4 nitrogen and oxygen atoms in total. The summed E-state index contributed by atoms with van der Waals surface area (Å²) in [5.74, 6) is 0.440. The molecular weight excluding hydrogens is 295 g/mol. The number of ether oxygens (including phenoxy) is 1. The molecule has 23 heavy (non-hydrogen) atoms. The van der Waals surface area contributed by atoms with Crippen LogP contribution in [-0.2, 0) is 6.54 Å². The van der Waals surface area contributed by atoms with E-state index in [9.17, 15) is 9.18 Å². The molecule has 0 aliphatic carbocycles. The molecule has 5 heteroatoms. The lowest BCUT2D eigenvalue weighted by Gasteiger charge is -2.16. The van der Waals surface area contributed by atoms with Gasteiger partial charge in [0.2, 0.25) is 0 Å². The maximum atomic E-state index is 13.5. The minimum atomic E-state index is -0.345. The van der Waals surface area contributed by atoms with Crippen molar-refractivity contribution in [2.45, 2.75) is 26.4 Å². The Hall–Kier alpha value is -2.56. The highest BCUT2D eigenvalue weighted by molar-refractivity contribution is 5.74. The van der Waals surface area contributed by atoms with Crippen LogP contribution >= 0.6 is 0 Å². The number of rotatable bonds is 6. The maximum absolute atomic E-state index is 13.5. The van der Waals surface area contributed by atoms with Gasteiger partial charge in [0.15, 0.2) is 0 Å². The minimum Gasteiger partial charge on any atom is -0.494 e. The lowest BCUT2D eigenvalue weighted by molar-refractivity contribution is 0.237. The topological polar surface area (TPSA) is 50.4 Å². The van der Waals surface area contributed by atoms with E-state index in [1.165, 1.54) is 6.07 Å². The molecule has 0 bridgehead atoms. The van der Waals surface area contributed by atoms with Crippen LogP contribution in [0.15, 0.2) is 48.5 Å². The Morgan fingerprint density at radius 2 is 2.00 bits per heavy atom. The van der Waals surface area contributed by atoms with E-state index in [0.717, 1.165) is 11.3 Å². The van der Waals surface area contributed by atoms with E-state index in [-0.39, 0.29) is 24.4 Å². The summed E-state index contributed by atoms with van der Waals surface area (Å²) in [5.41, 5.74) is 1.39. The van der Waals surface area contributed by atoms with Gasteiger partial charge in [-0.3, -0.25) is 0 Å². The van der Waals surface area contributed by atoms with Gasteiger partial charge in [0.05, 0.1) is 12.6 Å². The first-order valence-corrected chi connectivity index (χ1v) is 7.60. The van der Waals surface area contributed by atoms with E-state index in [1.54, 1.807) is 18.2 Å². The fourth-order valence-electron chi connectivity index (χ4n) is 2.19. The maximum Gasteiger partial charge on any atom is 0.315 e. The zero-order valence-electron chi connectivity index (χ0n) is 13.3. The van der Waals surface area contributed by atoms with Crippen LogP contribution in [-0.4, -0.2) is 12.6 Å². The van der Waals surface area contributed by atoms with Crippen LogP contribution in [0.4, 0.5) is 9.18 Å². The summed E-state index contributed by atoms with van der Waals surface area (Å²) in [4.78, 5) is 11.9. The first kappa shape index (κ1) is 16.8. The second-order valence-corrected chi connectivity index (χ2v) is 5.15. The third-order valence-electron chi connectivity index (χ3n) is 3.41. The van der Waals surface area contributed by atoms with Crippen LogP contribution in [0.1, 0.15) is 31.0 Å². The average molecular weight is 316 g/mol. The monoisotopic (exact) mass is 316 g/mol. The van der Waals surface area contributed by atoms with Gasteiger partial charge >= 0.3 is 6.03 Å². The highest BCUT2D eigenvalue weighted by atomic mass is 19.1. The molecule has 1 unspecified atom stereocenters. The molecule has 2 amide bonds. The van der Waals surface area contributed by atoms with Crippen LogP contribution < -0.4 is 15.4 Å². The van der Waals surface area contributed by atoms with Gasteiger partial charge in [-0.15, -0.1) is 0 Å². The molecule has 2 N–H and O–H groups in total. The van der Waals surface area contributed by atoms with Gasteiger partial charge in [-0.05, 0) is 37.6 Å². The van der Waals surface area contributed by atoms with Gasteiger partial charge < -0.3 is 15.4 Å². The zero-order valence-corrected chi connectivity index (χ0v) is 13.3. The summed E-state index contributed by atoms with van der Waals surface area (Å²) in [6.45, 7) is 4.54. The highest BCUT2D eigenvalue weighted by Crippen LogP contribution is 2.19. The van der Waals surface area contributed by atoms with Gasteiger partial charge in [-0.2, -0.15) is 0 Å². The van der Waals surface area contributed by atoms with Crippen LogP contribution in [0, 0.1) is 5.82 Å². The number of hydrogen-bond acceptors (Lipinski definition) is 2. The summed E-state index contributed by atoms with van der Waals surface area (Å²) in [6, 6.07) is 13.4. The first-order chi connectivity index (χ1) is 11.1. The molecule has 0 heterocycles. The molecule has 0 aromatic heterocycles. The molecule has 0 saturated heterocycles. The second-order valence-electron chi connectivity index (χ2n) is 5.15. The molecule has 0 aliphatic rings. The molecule has 1 atom stereocenters. The van der Waals surface area contributed by atoms with Crippen LogP contribution in [0.5, 0.6) is 5.75 Å². The minimum absolute atomic E-state index is 0.143. The molecular formula is C18H21FN2O2. The summed E-state index contributed by atoms with van der Waals surface area (Å²) in [7, 11) is 0. The van der Waals surface area contributed by atoms with Gasteiger partial charge in [0, 0.05) is 12.1 Å². The van der Waals surface area contributed by atoms with Crippen molar-refractivity contribution >= 4 is 6.03 Å². The largest absolute Gasteiger partial charge is 0.494 e. The fourth-order valence-corrected chi connectivity index (χ4v) is 2.19. The van der Waals surface area contributed by atoms with Gasteiger partial charge in [-0.1, -0.05) is 30.3 Å². The predicted octanol–water partition coefficient (Wildman–Crippen LogP) is 3.78. The van der Waals surface area contributed by atoms with E-state index in [0.29, 0.717) is 12.2 Å². The van der Waals surface area contributed by atoms with Crippen molar-refractivity contribution in [2.24, 2.45) is 0 Å². The highest BCUT2D eigenvalue weighted by Gasteiger charge is 2.10. The number of carbonyl (C=O) groups is 1. The first-order valence-electron chi connectivity index (χ1n) is 7.60. The summed E-state index contributed by atoms with van der Waals surface area (Å²) in [6.07, 6.45) is 0. The van der Waals surface area contributed by atoms with E-state index in [2.05, 4.69) is 10.6 Å². The van der Waals surface area contributed by atoms with Crippen molar-refractivity contribution in [3.63, 3.8) is 0 Å². The van der Waals surface area contributed by atoms with Crippen molar-refractivity contribution in [1.29, 1.82) is 0 Å². The number of carbonyl (C=O) groups excluding carboxylic acids is 1. The SMILES string of the molecule is CCOc1cccc(C(C)NC(=O)NCc2ccccc2F)c1. The van der Waals surface area contributed by atoms with Gasteiger partial charge in [0.25, 0.3) is 0 Å². The molecule has 0 radical (unpaired) electrons. The quantitative estimate of drug-likeness (QED) is 0.852. The Bertz CT molecular complexity index is 661. The Morgan fingerprint density at radius 3 is 2.74 bits per heavy atom. The number of amides is 2. The van der Waals surface area contributed by atoms with Crippen molar-refractivity contribution in [2.75, 3.05) is 6.61 Å². The van der Waals surface area contributed by atoms with Crippen LogP contribution in [0.25, 0.3) is 0 Å². The predicted molar refractivity (Wildman–Crippen MR) is 87.8 cm³/mol. The van der Waals surface area contributed by atoms with Crippen LogP contribution in [0.2, 0.25) is 0 Å². The Balaban J connectivity index is 1.89. The molecule has 2 rings (SSSR count). The normalized spacial score (nSPS) is 11.6. The lowest BCUT2D eigenvalue weighted by atomic mass is 10.1. The van der Waals surface area contributed by atoms with E-state index in [1.807, 2.05) is 38.1 Å². The standard InChI is InChI=1S/C18H21FN2O2/c1-3-23-16-9-6-8-14(11-16)13(2)21-18(22)20-12-15-7-4-5-10-17(15)19/h4-11,13H,3,12H2,1-2H3,(H2,20,21,22). The Labute approximate surface area is 135 Å². The van der Waals surface area contributed by atoms with Crippen molar-refractivity contribution in [3.05, 3.63) is 65.5 Å². The second kappa shape index (κ2) is 8.17. The molecule has 2 aromatic rings. The molecule has 2 aromatic carbocycles. The molecule has 122 valence electrons. The van der Waals surface area contributed by atoms with Crippen LogP contribution in [0.3, 0.4) is 0 Å². The molecule has 0 fully saturated rings. The number of nitrogens with one attached hydrogen (secondary N) is 2. The smallest absolute Gasteiger partial charge is 0.315 e. The van der Waals surface area contributed by atoms with Crippen molar-refractivity contribution in [3.8, 4) is 5.75 Å². The van der Waals surface area contributed by atoms with Gasteiger partial charge in [-0.25, -0.2) is 9.18 Å². The zero-order chi connectivity index (χ0) is 16.7. The lowest BCUT2D eigenvalue weighted by Crippen LogP contribution is -2.36. The molecule has 0 saturated carbocycles. The van der Waals surface area contributed by atoms with Crippen molar-refractivity contribution < 1.29 is 13.9 Å². The Morgan fingerprint density at radius 1 is 1.22 bits per heavy atom. The third kappa shape index (κ3) is 4.98. The van der Waals surface area contributed by atoms with Crippen molar-refractivity contribution in [1.82, 2.24) is 10.6 Å². The fraction of sp³-hybridized carbons (Fsp3) is 0.278. The number of halogens is 1. The van der Waals surface area contributed by atoms with E-state index >= 15 is 0 Å². The molecule has 0 aliphatic heterocycles. The summed E-state index contributed by atoms with van der Waals surface area (Å²) < 4.78 is 18.9. The Kier molecular flexibility index (Phi) is 5.97. The summed E-state index contributed by atoms with van der Waals surface area (Å²) >= 11 is 0. The average Bonchev–Trinajstić information content (AvgIpc) is 2.54. The van der Waals surface area contributed by atoms with E-state index in [4.69, 9.17) is 4.74 Å². The summed E-state index contributed by atoms with van der Waals surface area (Å²) in [5, 5.41) is 5.49. The number of hydrogen-bond donors (Lipinski definition) is 2. The van der Waals surface area contributed by atoms with Gasteiger partial charge in [0.1, 0.15) is 11.6 Å². The molecule has 0 spiro atoms. The van der Waals surface area contributed by atoms with E-state index < -0.39 is 0 Å². The number of benzene rings is 2. The third-order valence-corrected chi connectivity index (χ3v) is 3.41.